The van der Waals surface area contributed by atoms with Crippen LogP contribution in [-0.4, -0.2) is 17.1 Å². The third-order valence-electron chi connectivity index (χ3n) is 1.69. The van der Waals surface area contributed by atoms with Gasteiger partial charge < -0.3 is 20.7 Å². The van der Waals surface area contributed by atoms with Gasteiger partial charge in [0.2, 0.25) is 0 Å². The number of carbonyl (C=O) groups is 1. The molecule has 0 bridgehead atoms. The van der Waals surface area contributed by atoms with Crippen LogP contribution in [-0.2, 0) is 11.2 Å². The molecular weight excluding hydrogens is 170 g/mol. The SMILES string of the molecule is N[C@@H](Cc1ccc(O)cc1)C(=O)[O-]. The van der Waals surface area contributed by atoms with Crippen LogP contribution >= 0.6 is 0 Å². The predicted molar refractivity (Wildman–Crippen MR) is 44.8 cm³/mol. The number of carboxylic acid groups (broad SMARTS) is 1. The highest BCUT2D eigenvalue weighted by atomic mass is 16.4. The minimum atomic E-state index is -1.27. The highest BCUT2D eigenvalue weighted by Gasteiger charge is 2.04. The zero-order valence-corrected chi connectivity index (χ0v) is 6.93. The number of aliphatic carboxylic acids is 1. The van der Waals surface area contributed by atoms with Gasteiger partial charge in [-0.2, -0.15) is 0 Å². The van der Waals surface area contributed by atoms with E-state index in [0.717, 1.165) is 5.56 Å². The van der Waals surface area contributed by atoms with Crippen molar-refractivity contribution in [1.82, 2.24) is 0 Å². The lowest BCUT2D eigenvalue weighted by atomic mass is 10.1. The predicted octanol–water partition coefficient (Wildman–Crippen LogP) is -0.988. The first-order valence-electron chi connectivity index (χ1n) is 3.84. The highest BCUT2D eigenvalue weighted by molar-refractivity contribution is 5.71. The van der Waals surface area contributed by atoms with Gasteiger partial charge in [-0.05, 0) is 24.1 Å². The van der Waals surface area contributed by atoms with Crippen LogP contribution < -0.4 is 10.8 Å². The van der Waals surface area contributed by atoms with Crippen LogP contribution in [0, 0.1) is 0 Å². The largest absolute Gasteiger partial charge is 0.548 e. The molecule has 0 saturated carbocycles. The number of carboxylic acids is 1. The van der Waals surface area contributed by atoms with E-state index in [4.69, 9.17) is 10.8 Å². The fourth-order valence-electron chi connectivity index (χ4n) is 0.969. The van der Waals surface area contributed by atoms with Crippen molar-refractivity contribution in [1.29, 1.82) is 0 Å². The molecule has 0 fully saturated rings. The Bertz CT molecular complexity index is 294. The van der Waals surface area contributed by atoms with Gasteiger partial charge in [-0.3, -0.25) is 0 Å². The summed E-state index contributed by atoms with van der Waals surface area (Å²) in [5.74, 6) is -1.13. The maximum atomic E-state index is 10.3. The maximum absolute atomic E-state index is 10.3. The van der Waals surface area contributed by atoms with E-state index in [9.17, 15) is 9.90 Å². The van der Waals surface area contributed by atoms with Crippen LogP contribution in [0.15, 0.2) is 24.3 Å². The third-order valence-corrected chi connectivity index (χ3v) is 1.69. The topological polar surface area (TPSA) is 86.4 Å². The van der Waals surface area contributed by atoms with Crippen molar-refractivity contribution in [2.24, 2.45) is 5.73 Å². The number of phenols is 1. The lowest BCUT2D eigenvalue weighted by Gasteiger charge is -2.11. The summed E-state index contributed by atoms with van der Waals surface area (Å²) in [5.41, 5.74) is 6.02. The Morgan fingerprint density at radius 1 is 1.46 bits per heavy atom. The van der Waals surface area contributed by atoms with Crippen LogP contribution in [0.4, 0.5) is 0 Å². The number of aromatic hydroxyl groups is 1. The van der Waals surface area contributed by atoms with Crippen LogP contribution in [0.5, 0.6) is 5.75 Å². The lowest BCUT2D eigenvalue weighted by Crippen LogP contribution is -2.43. The number of hydrogen-bond donors (Lipinski definition) is 2. The van der Waals surface area contributed by atoms with Crippen molar-refractivity contribution in [2.45, 2.75) is 12.5 Å². The Hall–Kier alpha value is -1.55. The second-order valence-corrected chi connectivity index (χ2v) is 2.80. The van der Waals surface area contributed by atoms with E-state index in [1.807, 2.05) is 0 Å². The molecule has 4 heteroatoms. The summed E-state index contributed by atoms with van der Waals surface area (Å²) in [4.78, 5) is 10.3. The summed E-state index contributed by atoms with van der Waals surface area (Å²) in [6.45, 7) is 0. The normalized spacial score (nSPS) is 12.4. The molecule has 1 aromatic rings. The molecule has 0 aliphatic rings. The quantitative estimate of drug-likeness (QED) is 0.625. The summed E-state index contributed by atoms with van der Waals surface area (Å²) < 4.78 is 0. The molecular formula is C9H10NO3-. The molecule has 0 amide bonds. The fraction of sp³-hybridized carbons (Fsp3) is 0.222. The standard InChI is InChI=1S/C9H11NO3/c10-8(9(12)13)5-6-1-3-7(11)4-2-6/h1-4,8,11H,5,10H2,(H,12,13)/p-1/t8-/m0/s1. The van der Waals surface area contributed by atoms with Gasteiger partial charge in [0.15, 0.2) is 0 Å². The average molecular weight is 180 g/mol. The van der Waals surface area contributed by atoms with Crippen molar-refractivity contribution < 1.29 is 15.0 Å². The molecule has 1 atom stereocenters. The molecule has 3 N–H and O–H groups in total. The Labute approximate surface area is 75.6 Å². The monoisotopic (exact) mass is 180 g/mol. The van der Waals surface area contributed by atoms with E-state index >= 15 is 0 Å². The number of rotatable bonds is 3. The molecule has 0 unspecified atom stereocenters. The van der Waals surface area contributed by atoms with Crippen molar-refractivity contribution in [3.63, 3.8) is 0 Å². The van der Waals surface area contributed by atoms with Gasteiger partial charge in [0.05, 0.1) is 5.97 Å². The van der Waals surface area contributed by atoms with Crippen molar-refractivity contribution in [3.05, 3.63) is 29.8 Å². The number of benzene rings is 1. The first-order chi connectivity index (χ1) is 6.09. The van der Waals surface area contributed by atoms with Gasteiger partial charge in [0.1, 0.15) is 5.75 Å². The summed E-state index contributed by atoms with van der Waals surface area (Å²) in [5, 5.41) is 19.2. The molecule has 1 rings (SSSR count). The third kappa shape index (κ3) is 2.76. The number of phenolic OH excluding ortho intramolecular Hbond substituents is 1. The van der Waals surface area contributed by atoms with Gasteiger partial charge >= 0.3 is 0 Å². The van der Waals surface area contributed by atoms with E-state index in [-0.39, 0.29) is 12.2 Å². The van der Waals surface area contributed by atoms with Gasteiger partial charge in [-0.1, -0.05) is 12.1 Å². The van der Waals surface area contributed by atoms with Gasteiger partial charge in [0, 0.05) is 6.04 Å². The van der Waals surface area contributed by atoms with Crippen LogP contribution in [0.2, 0.25) is 0 Å². The maximum Gasteiger partial charge on any atom is 0.115 e. The molecule has 70 valence electrons. The fourth-order valence-corrected chi connectivity index (χ4v) is 0.969. The van der Waals surface area contributed by atoms with Gasteiger partial charge in [-0.15, -0.1) is 0 Å². The van der Waals surface area contributed by atoms with Gasteiger partial charge in [0.25, 0.3) is 0 Å². The van der Waals surface area contributed by atoms with E-state index in [2.05, 4.69) is 0 Å². The van der Waals surface area contributed by atoms with Gasteiger partial charge in [-0.25, -0.2) is 0 Å². The Balaban J connectivity index is 2.64. The minimum Gasteiger partial charge on any atom is -0.548 e. The Morgan fingerprint density at radius 2 is 2.00 bits per heavy atom. The molecule has 0 spiro atoms. The molecule has 4 nitrogen and oxygen atoms in total. The lowest BCUT2D eigenvalue weighted by molar-refractivity contribution is -0.307. The average Bonchev–Trinajstić information content (AvgIpc) is 2.08. The van der Waals surface area contributed by atoms with E-state index < -0.39 is 12.0 Å². The molecule has 13 heavy (non-hydrogen) atoms. The number of carbonyl (C=O) groups excluding carboxylic acids is 1. The smallest absolute Gasteiger partial charge is 0.115 e. The van der Waals surface area contributed by atoms with Crippen LogP contribution in [0.3, 0.4) is 0 Å². The Kier molecular flexibility index (Phi) is 2.87. The Morgan fingerprint density at radius 3 is 2.46 bits per heavy atom. The second-order valence-electron chi connectivity index (χ2n) is 2.80. The summed E-state index contributed by atoms with van der Waals surface area (Å²) in [6, 6.07) is 5.22. The summed E-state index contributed by atoms with van der Waals surface area (Å²) in [7, 11) is 0. The van der Waals surface area contributed by atoms with E-state index in [1.165, 1.54) is 12.1 Å². The van der Waals surface area contributed by atoms with E-state index in [1.54, 1.807) is 12.1 Å². The summed E-state index contributed by atoms with van der Waals surface area (Å²) in [6.07, 6.45) is 0.211. The van der Waals surface area contributed by atoms with Crippen molar-refractivity contribution in [3.8, 4) is 5.75 Å². The summed E-state index contributed by atoms with van der Waals surface area (Å²) >= 11 is 0. The van der Waals surface area contributed by atoms with E-state index in [0.29, 0.717) is 0 Å². The molecule has 0 radical (unpaired) electrons. The second kappa shape index (κ2) is 3.91. The van der Waals surface area contributed by atoms with Crippen LogP contribution in [0.25, 0.3) is 0 Å². The molecule has 0 saturated heterocycles. The minimum absolute atomic E-state index is 0.144. The molecule has 0 aliphatic heterocycles. The number of nitrogens with two attached hydrogens (primary N) is 1. The van der Waals surface area contributed by atoms with Crippen molar-refractivity contribution >= 4 is 5.97 Å². The number of hydrogen-bond acceptors (Lipinski definition) is 4. The first-order valence-corrected chi connectivity index (χ1v) is 3.84. The first kappa shape index (κ1) is 9.54. The zero-order valence-electron chi connectivity index (χ0n) is 6.93. The zero-order chi connectivity index (χ0) is 9.84. The van der Waals surface area contributed by atoms with Crippen LogP contribution in [0.1, 0.15) is 5.56 Å². The molecule has 0 aromatic heterocycles. The molecule has 0 aliphatic carbocycles. The highest BCUT2D eigenvalue weighted by Crippen LogP contribution is 2.10. The molecule has 0 heterocycles. The van der Waals surface area contributed by atoms with Crippen molar-refractivity contribution in [2.75, 3.05) is 0 Å². The molecule has 1 aromatic carbocycles.